The Bertz CT molecular complexity index is 509. The molecule has 0 aromatic carbocycles. The van der Waals surface area contributed by atoms with Gasteiger partial charge in [-0.1, -0.05) is 6.07 Å². The number of aliphatic hydroxyl groups is 1. The fraction of sp³-hybridized carbons (Fsp3) is 0.583. The Balaban J connectivity index is 2.08. The van der Waals surface area contributed by atoms with Gasteiger partial charge in [-0.3, -0.25) is 0 Å². The number of sulfonamides is 1. The summed E-state index contributed by atoms with van der Waals surface area (Å²) in [6, 6.07) is 2.64. The lowest BCUT2D eigenvalue weighted by atomic mass is 10.1. The van der Waals surface area contributed by atoms with Crippen LogP contribution >= 0.6 is 0 Å². The molecular formula is C12H18N2O4S. The first-order valence-electron chi connectivity index (χ1n) is 6.22. The van der Waals surface area contributed by atoms with Gasteiger partial charge >= 0.3 is 0 Å². The zero-order chi connectivity index (χ0) is 13.9. The van der Waals surface area contributed by atoms with E-state index in [1.54, 1.807) is 6.92 Å². The highest BCUT2D eigenvalue weighted by molar-refractivity contribution is 7.89. The molecule has 6 nitrogen and oxygen atoms in total. The molecule has 106 valence electrons. The van der Waals surface area contributed by atoms with E-state index in [9.17, 15) is 8.42 Å². The monoisotopic (exact) mass is 286 g/mol. The molecule has 0 saturated carbocycles. The van der Waals surface area contributed by atoms with Crippen molar-refractivity contribution < 1.29 is 18.3 Å². The van der Waals surface area contributed by atoms with Gasteiger partial charge in [0, 0.05) is 18.8 Å². The van der Waals surface area contributed by atoms with Gasteiger partial charge in [-0.25, -0.2) is 18.1 Å². The molecule has 1 aromatic heterocycles. The highest BCUT2D eigenvalue weighted by Crippen LogP contribution is 2.17. The minimum atomic E-state index is -3.64. The van der Waals surface area contributed by atoms with Crippen molar-refractivity contribution in [1.29, 1.82) is 0 Å². The summed E-state index contributed by atoms with van der Waals surface area (Å²) >= 11 is 0. The predicted octanol–water partition coefficient (Wildman–Crippen LogP) is 0.420. The van der Waals surface area contributed by atoms with Gasteiger partial charge < -0.3 is 9.84 Å². The molecule has 7 heteroatoms. The van der Waals surface area contributed by atoms with E-state index in [2.05, 4.69) is 9.71 Å². The molecule has 0 spiro atoms. The molecule has 19 heavy (non-hydrogen) atoms. The molecule has 1 saturated heterocycles. The zero-order valence-corrected chi connectivity index (χ0v) is 11.6. The first-order chi connectivity index (χ1) is 9.03. The number of nitrogens with one attached hydrogen (secondary N) is 1. The standard InChI is InChI=1S/C12H18N2O4S/c1-9(11-3-2-6-18-11)14-19(16,17)12-5-4-10(8-15)7-13-12/h4-5,7,9,11,14-15H,2-3,6,8H2,1H3. The number of aromatic nitrogens is 1. The molecule has 0 aliphatic carbocycles. The number of rotatable bonds is 5. The highest BCUT2D eigenvalue weighted by Gasteiger charge is 2.27. The van der Waals surface area contributed by atoms with Gasteiger partial charge in [0.2, 0.25) is 0 Å². The molecule has 2 unspecified atom stereocenters. The van der Waals surface area contributed by atoms with E-state index in [1.807, 2.05) is 0 Å². The topological polar surface area (TPSA) is 88.5 Å². The van der Waals surface area contributed by atoms with E-state index in [0.717, 1.165) is 12.8 Å². The Morgan fingerprint density at radius 1 is 1.58 bits per heavy atom. The number of pyridine rings is 1. The van der Waals surface area contributed by atoms with Crippen molar-refractivity contribution in [2.24, 2.45) is 0 Å². The minimum Gasteiger partial charge on any atom is -0.392 e. The summed E-state index contributed by atoms with van der Waals surface area (Å²) in [6.45, 7) is 2.31. The summed E-state index contributed by atoms with van der Waals surface area (Å²) in [7, 11) is -3.64. The molecule has 2 N–H and O–H groups in total. The van der Waals surface area contributed by atoms with Crippen LogP contribution in [0.3, 0.4) is 0 Å². The second-order valence-electron chi connectivity index (χ2n) is 4.62. The van der Waals surface area contributed by atoms with Crippen LogP contribution in [0.2, 0.25) is 0 Å². The maximum Gasteiger partial charge on any atom is 0.258 e. The van der Waals surface area contributed by atoms with Crippen molar-refractivity contribution in [3.8, 4) is 0 Å². The van der Waals surface area contributed by atoms with Crippen molar-refractivity contribution >= 4 is 10.0 Å². The summed E-state index contributed by atoms with van der Waals surface area (Å²) in [5, 5.41) is 8.85. The maximum absolute atomic E-state index is 12.1. The van der Waals surface area contributed by atoms with Crippen molar-refractivity contribution in [3.05, 3.63) is 23.9 Å². The molecule has 1 fully saturated rings. The Morgan fingerprint density at radius 2 is 2.37 bits per heavy atom. The van der Waals surface area contributed by atoms with Crippen LogP contribution in [-0.4, -0.2) is 37.3 Å². The smallest absolute Gasteiger partial charge is 0.258 e. The first kappa shape index (κ1) is 14.4. The number of hydrogen-bond donors (Lipinski definition) is 2. The Hall–Kier alpha value is -1.02. The van der Waals surface area contributed by atoms with E-state index in [-0.39, 0.29) is 23.8 Å². The van der Waals surface area contributed by atoms with Crippen LogP contribution < -0.4 is 4.72 Å². The van der Waals surface area contributed by atoms with Crippen LogP contribution in [0, 0.1) is 0 Å². The molecule has 0 amide bonds. The predicted molar refractivity (Wildman–Crippen MR) is 68.9 cm³/mol. The maximum atomic E-state index is 12.1. The second kappa shape index (κ2) is 5.96. The van der Waals surface area contributed by atoms with Crippen LogP contribution in [0.25, 0.3) is 0 Å². The molecule has 1 aliphatic rings. The van der Waals surface area contributed by atoms with Gasteiger partial charge in [0.25, 0.3) is 10.0 Å². The van der Waals surface area contributed by atoms with Crippen LogP contribution in [0.15, 0.2) is 23.4 Å². The molecule has 1 aromatic rings. The third kappa shape index (κ3) is 3.50. The Morgan fingerprint density at radius 3 is 2.89 bits per heavy atom. The first-order valence-corrected chi connectivity index (χ1v) is 7.71. The molecule has 2 atom stereocenters. The number of hydrogen-bond acceptors (Lipinski definition) is 5. The van der Waals surface area contributed by atoms with Crippen molar-refractivity contribution in [2.75, 3.05) is 6.61 Å². The Kier molecular flexibility index (Phi) is 4.51. The van der Waals surface area contributed by atoms with E-state index >= 15 is 0 Å². The lowest BCUT2D eigenvalue weighted by molar-refractivity contribution is 0.0902. The van der Waals surface area contributed by atoms with Crippen molar-refractivity contribution in [3.63, 3.8) is 0 Å². The van der Waals surface area contributed by atoms with E-state index < -0.39 is 10.0 Å². The average Bonchev–Trinajstić information content (AvgIpc) is 2.92. The fourth-order valence-electron chi connectivity index (χ4n) is 2.04. The van der Waals surface area contributed by atoms with Gasteiger partial charge in [0.05, 0.1) is 12.7 Å². The molecule has 0 bridgehead atoms. The van der Waals surface area contributed by atoms with E-state index in [4.69, 9.17) is 9.84 Å². The van der Waals surface area contributed by atoms with Gasteiger partial charge in [-0.05, 0) is 31.4 Å². The number of aliphatic hydroxyl groups excluding tert-OH is 1. The third-order valence-corrected chi connectivity index (χ3v) is 4.59. The quantitative estimate of drug-likeness (QED) is 0.819. The average molecular weight is 286 g/mol. The summed E-state index contributed by atoms with van der Waals surface area (Å²) in [5.74, 6) is 0. The summed E-state index contributed by atoms with van der Waals surface area (Å²) in [4.78, 5) is 3.85. The van der Waals surface area contributed by atoms with Gasteiger partial charge in [0.15, 0.2) is 5.03 Å². The van der Waals surface area contributed by atoms with Gasteiger partial charge in [-0.2, -0.15) is 0 Å². The van der Waals surface area contributed by atoms with E-state index in [0.29, 0.717) is 12.2 Å². The lowest BCUT2D eigenvalue weighted by Crippen LogP contribution is -2.41. The minimum absolute atomic E-state index is 0.0467. The van der Waals surface area contributed by atoms with Crippen molar-refractivity contribution in [2.45, 2.75) is 43.5 Å². The molecule has 0 radical (unpaired) electrons. The largest absolute Gasteiger partial charge is 0.392 e. The van der Waals surface area contributed by atoms with Gasteiger partial charge in [-0.15, -0.1) is 0 Å². The summed E-state index contributed by atoms with van der Waals surface area (Å²) in [5.41, 5.74) is 0.575. The number of nitrogens with zero attached hydrogens (tertiary/aromatic N) is 1. The summed E-state index contributed by atoms with van der Waals surface area (Å²) in [6.07, 6.45) is 3.10. The SMILES string of the molecule is CC(NS(=O)(=O)c1ccc(CO)cn1)C1CCCO1. The molecule has 1 aliphatic heterocycles. The Labute approximate surface area is 112 Å². The van der Waals surface area contributed by atoms with Crippen molar-refractivity contribution in [1.82, 2.24) is 9.71 Å². The third-order valence-electron chi connectivity index (χ3n) is 3.12. The van der Waals surface area contributed by atoms with Gasteiger partial charge in [0.1, 0.15) is 0 Å². The van der Waals surface area contributed by atoms with Crippen LogP contribution in [0.5, 0.6) is 0 Å². The van der Waals surface area contributed by atoms with Crippen LogP contribution in [-0.2, 0) is 21.4 Å². The molecule has 2 rings (SSSR count). The summed E-state index contributed by atoms with van der Waals surface area (Å²) < 4.78 is 32.2. The highest BCUT2D eigenvalue weighted by atomic mass is 32.2. The fourth-order valence-corrected chi connectivity index (χ4v) is 3.24. The lowest BCUT2D eigenvalue weighted by Gasteiger charge is -2.19. The van der Waals surface area contributed by atoms with E-state index in [1.165, 1.54) is 18.3 Å². The van der Waals surface area contributed by atoms with Crippen LogP contribution in [0.1, 0.15) is 25.3 Å². The molecule has 2 heterocycles. The van der Waals surface area contributed by atoms with Crippen LogP contribution in [0.4, 0.5) is 0 Å². The molecular weight excluding hydrogens is 268 g/mol. The second-order valence-corrected chi connectivity index (χ2v) is 6.29. The normalized spacial score (nSPS) is 21.5. The zero-order valence-electron chi connectivity index (χ0n) is 10.7. The number of ether oxygens (including phenoxy) is 1.